The predicted octanol–water partition coefficient (Wildman–Crippen LogP) is 16.4. The number of benzene rings is 7. The molecule has 0 fully saturated rings. The van der Waals surface area contributed by atoms with Gasteiger partial charge in [-0.15, -0.1) is 53.6 Å². The molecule has 70 heavy (non-hydrogen) atoms. The first kappa shape index (κ1) is 48.3. The summed E-state index contributed by atoms with van der Waals surface area (Å²) in [5.74, 6) is 2.00. The molecule has 356 valence electrons. The first-order valence-electron chi connectivity index (χ1n) is 24.1. The summed E-state index contributed by atoms with van der Waals surface area (Å²) in [7, 11) is 0. The van der Waals surface area contributed by atoms with Crippen LogP contribution in [0.3, 0.4) is 0 Å². The summed E-state index contributed by atoms with van der Waals surface area (Å²) in [5, 5.41) is 2.24. The summed E-state index contributed by atoms with van der Waals surface area (Å²) in [6.45, 7) is 24.9. The zero-order chi connectivity index (χ0) is 48.3. The van der Waals surface area contributed by atoms with Crippen molar-refractivity contribution in [3.63, 3.8) is 0 Å². The fourth-order valence-electron chi connectivity index (χ4n) is 9.62. The Balaban J connectivity index is 0.00000608. The van der Waals surface area contributed by atoms with Gasteiger partial charge in [-0.2, -0.15) is 6.07 Å². The minimum absolute atomic E-state index is 0. The minimum atomic E-state index is -0.344. The molecule has 10 rings (SSSR count). The molecule has 1 aliphatic rings. The van der Waals surface area contributed by atoms with Crippen LogP contribution in [0.5, 0.6) is 11.5 Å². The van der Waals surface area contributed by atoms with E-state index in [9.17, 15) is 0 Å². The van der Waals surface area contributed by atoms with E-state index in [-0.39, 0.29) is 42.7 Å². The number of hydrogen-bond donors (Lipinski definition) is 0. The van der Waals surface area contributed by atoms with Gasteiger partial charge in [-0.25, -0.2) is 4.98 Å². The van der Waals surface area contributed by atoms with Crippen LogP contribution >= 0.6 is 0 Å². The Morgan fingerprint density at radius 2 is 1.13 bits per heavy atom. The number of rotatable bonds is 10. The van der Waals surface area contributed by atoms with Crippen LogP contribution < -0.4 is 14.5 Å². The SMILES string of the molecule is CC(C)(C)c1cccc(N2[CH-]N(c3[c-]c(Oc4[c-]c5c(cc4)c4cc(C(C)(C)C)ccc4n5-c4cc(C(C)(C)c5ccccc5)ccn4)cc(-c4ccccc4)c3)C=C2C(C)(C)c2ccccc2)c1.[Pt]. The van der Waals surface area contributed by atoms with Gasteiger partial charge in [0.2, 0.25) is 0 Å². The van der Waals surface area contributed by atoms with E-state index in [2.05, 4.69) is 272 Å². The number of allylic oxidation sites excluding steroid dienone is 1. The first-order chi connectivity index (χ1) is 32.9. The fraction of sp³-hybridized carbons (Fsp3) is 0.219. The average molecular weight is 1100 g/mol. The van der Waals surface area contributed by atoms with Gasteiger partial charge in [-0.1, -0.05) is 190 Å². The van der Waals surface area contributed by atoms with Crippen LogP contribution in [0.1, 0.15) is 97.1 Å². The summed E-state index contributed by atoms with van der Waals surface area (Å²) >= 11 is 0. The van der Waals surface area contributed by atoms with Crippen LogP contribution in [-0.2, 0) is 42.7 Å². The average Bonchev–Trinajstić information content (AvgIpc) is 3.95. The molecule has 0 bridgehead atoms. The van der Waals surface area contributed by atoms with E-state index in [0.29, 0.717) is 11.5 Å². The molecule has 0 radical (unpaired) electrons. The van der Waals surface area contributed by atoms with E-state index in [4.69, 9.17) is 9.72 Å². The molecule has 2 aromatic heterocycles. The molecule has 7 aromatic carbocycles. The molecule has 0 spiro atoms. The molecule has 1 aliphatic heterocycles. The van der Waals surface area contributed by atoms with Crippen molar-refractivity contribution in [2.45, 2.75) is 90.9 Å². The Morgan fingerprint density at radius 3 is 1.80 bits per heavy atom. The summed E-state index contributed by atoms with van der Waals surface area (Å²) in [6, 6.07) is 68.0. The Morgan fingerprint density at radius 1 is 0.500 bits per heavy atom. The van der Waals surface area contributed by atoms with Crippen molar-refractivity contribution >= 4 is 33.2 Å². The second kappa shape index (κ2) is 18.6. The van der Waals surface area contributed by atoms with Gasteiger partial charge in [0.15, 0.2) is 0 Å². The standard InChI is InChI=1S/C64H61N4O.Pt/c1-61(2,3)48-27-20-28-51(37-48)67-43-66(42-59(67)64(9,10)47-25-18-13-19-26-47)52-35-45(44-21-14-11-15-22-44)36-54(40-52)69-53-30-31-55-56-38-49(62(4,5)6)29-32-57(56)68(58(55)41-53)60-39-50(33-34-65-60)63(7,8)46-23-16-12-17-24-46;/h11-39,42-43H,1-10H3;/q-3;. The van der Waals surface area contributed by atoms with Crippen LogP contribution in [0.15, 0.2) is 188 Å². The van der Waals surface area contributed by atoms with E-state index in [1.54, 1.807) is 0 Å². The van der Waals surface area contributed by atoms with E-state index < -0.39 is 0 Å². The third-order valence-corrected chi connectivity index (χ3v) is 14.0. The Bertz CT molecular complexity index is 3360. The van der Waals surface area contributed by atoms with Gasteiger partial charge in [0.1, 0.15) is 5.82 Å². The maximum Gasteiger partial charge on any atom is 0.135 e. The third-order valence-electron chi connectivity index (χ3n) is 14.0. The van der Waals surface area contributed by atoms with E-state index in [1.807, 2.05) is 12.3 Å². The van der Waals surface area contributed by atoms with Gasteiger partial charge in [0.25, 0.3) is 0 Å². The topological polar surface area (TPSA) is 33.5 Å². The van der Waals surface area contributed by atoms with E-state index in [1.165, 1.54) is 27.8 Å². The summed E-state index contributed by atoms with van der Waals surface area (Å²) in [6.07, 6.45) is 4.19. The molecule has 0 unspecified atom stereocenters. The quantitative estimate of drug-likeness (QED) is 0.128. The molecule has 5 nitrogen and oxygen atoms in total. The summed E-state index contributed by atoms with van der Waals surface area (Å²) in [5.41, 5.74) is 12.7. The van der Waals surface area contributed by atoms with Crippen molar-refractivity contribution in [3.05, 3.63) is 235 Å². The van der Waals surface area contributed by atoms with Crippen LogP contribution in [0.2, 0.25) is 0 Å². The van der Waals surface area contributed by atoms with Gasteiger partial charge in [-0.05, 0) is 86.1 Å². The van der Waals surface area contributed by atoms with Gasteiger partial charge in [-0.3, -0.25) is 0 Å². The third kappa shape index (κ3) is 9.25. The molecule has 0 amide bonds. The smallest absolute Gasteiger partial charge is 0.135 e. The van der Waals surface area contributed by atoms with Crippen molar-refractivity contribution in [3.8, 4) is 28.4 Å². The van der Waals surface area contributed by atoms with Crippen molar-refractivity contribution in [2.24, 2.45) is 0 Å². The van der Waals surface area contributed by atoms with Gasteiger partial charge in [0, 0.05) is 66.5 Å². The largest absolute Gasteiger partial charge is 0.509 e. The number of fused-ring (bicyclic) bond motifs is 3. The molecular weight excluding hydrogens is 1040 g/mol. The zero-order valence-electron chi connectivity index (χ0n) is 41.9. The second-order valence-electron chi connectivity index (χ2n) is 21.6. The van der Waals surface area contributed by atoms with Crippen molar-refractivity contribution in [1.29, 1.82) is 0 Å². The molecule has 0 N–H and O–H groups in total. The molecule has 0 atom stereocenters. The number of hydrogen-bond acceptors (Lipinski definition) is 4. The summed E-state index contributed by atoms with van der Waals surface area (Å²) < 4.78 is 9.20. The van der Waals surface area contributed by atoms with Gasteiger partial charge in [0.05, 0.1) is 0 Å². The second-order valence-corrected chi connectivity index (χ2v) is 21.6. The number of aromatic nitrogens is 2. The summed E-state index contributed by atoms with van der Waals surface area (Å²) in [4.78, 5) is 9.57. The zero-order valence-corrected chi connectivity index (χ0v) is 44.2. The molecular formula is C64H61N4OPt-3. The first-order valence-corrected chi connectivity index (χ1v) is 24.1. The molecule has 0 saturated heterocycles. The van der Waals surface area contributed by atoms with Crippen molar-refractivity contribution in [2.75, 3.05) is 9.80 Å². The minimum Gasteiger partial charge on any atom is -0.509 e. The Kier molecular flexibility index (Phi) is 12.8. The maximum atomic E-state index is 6.96. The van der Waals surface area contributed by atoms with E-state index >= 15 is 0 Å². The number of ether oxygens (including phenoxy) is 1. The van der Waals surface area contributed by atoms with Crippen molar-refractivity contribution in [1.82, 2.24) is 9.55 Å². The van der Waals surface area contributed by atoms with Crippen LogP contribution in [0.25, 0.3) is 38.8 Å². The molecule has 0 saturated carbocycles. The van der Waals surface area contributed by atoms with Crippen molar-refractivity contribution < 1.29 is 25.8 Å². The van der Waals surface area contributed by atoms with Crippen LogP contribution in [-0.4, -0.2) is 9.55 Å². The van der Waals surface area contributed by atoms with Gasteiger partial charge >= 0.3 is 0 Å². The number of anilines is 2. The Hall–Kier alpha value is -6.68. The van der Waals surface area contributed by atoms with E-state index in [0.717, 1.165) is 55.8 Å². The fourth-order valence-corrected chi connectivity index (χ4v) is 9.62. The number of pyridine rings is 1. The van der Waals surface area contributed by atoms with Crippen LogP contribution in [0, 0.1) is 18.8 Å². The molecule has 0 aliphatic carbocycles. The maximum absolute atomic E-state index is 6.96. The monoisotopic (exact) mass is 1100 g/mol. The molecule has 6 heteroatoms. The Labute approximate surface area is 429 Å². The normalized spacial score (nSPS) is 13.4. The predicted molar refractivity (Wildman–Crippen MR) is 287 cm³/mol. The van der Waals surface area contributed by atoms with Gasteiger partial charge < -0.3 is 19.1 Å². The number of nitrogens with zero attached hydrogens (tertiary/aromatic N) is 4. The molecule has 3 heterocycles. The molecule has 9 aromatic rings. The van der Waals surface area contributed by atoms with Crippen LogP contribution in [0.4, 0.5) is 11.4 Å².